The molecule has 4 heteroatoms. The number of imide groups is 1. The van der Waals surface area contributed by atoms with Crippen molar-refractivity contribution < 1.29 is 9.59 Å². The zero-order valence-corrected chi connectivity index (χ0v) is 8.88. The predicted octanol–water partition coefficient (Wildman–Crippen LogP) is 0.523. The van der Waals surface area contributed by atoms with Crippen LogP contribution in [0.4, 0.5) is 0 Å². The van der Waals surface area contributed by atoms with Gasteiger partial charge in [-0.05, 0) is 13.0 Å². The van der Waals surface area contributed by atoms with E-state index in [1.54, 1.807) is 0 Å². The molecule has 1 aliphatic heterocycles. The van der Waals surface area contributed by atoms with Crippen LogP contribution in [0.1, 0.15) is 33.1 Å². The molecule has 4 nitrogen and oxygen atoms in total. The number of likely N-dealkylation sites (N-methyl/N-ethyl adjacent to an activating group) is 1. The maximum absolute atomic E-state index is 11.3. The fourth-order valence-electron chi connectivity index (χ4n) is 1.67. The average molecular weight is 198 g/mol. The monoisotopic (exact) mass is 198 g/mol. The third-order valence-corrected chi connectivity index (χ3v) is 2.54. The lowest BCUT2D eigenvalue weighted by Gasteiger charge is -2.21. The number of carbonyl (C=O) groups excluding carboxylic acids is 2. The lowest BCUT2D eigenvalue weighted by Crippen LogP contribution is -2.42. The van der Waals surface area contributed by atoms with Gasteiger partial charge in [-0.1, -0.05) is 13.8 Å². The second-order valence-corrected chi connectivity index (χ2v) is 3.56. The molecule has 1 N–H and O–H groups in total. The van der Waals surface area contributed by atoms with Crippen LogP contribution in [-0.2, 0) is 9.59 Å². The summed E-state index contributed by atoms with van der Waals surface area (Å²) < 4.78 is 0. The smallest absolute Gasteiger partial charge is 0.229 e. The van der Waals surface area contributed by atoms with Gasteiger partial charge in [0.2, 0.25) is 11.8 Å². The van der Waals surface area contributed by atoms with E-state index in [0.717, 1.165) is 13.0 Å². The van der Waals surface area contributed by atoms with Crippen molar-refractivity contribution in [3.8, 4) is 0 Å². The molecule has 1 saturated heterocycles. The zero-order chi connectivity index (χ0) is 10.6. The SMILES string of the molecule is CCNC(CC)CN1C(=O)CCC1=O. The Balaban J connectivity index is 2.48. The van der Waals surface area contributed by atoms with Gasteiger partial charge in [-0.15, -0.1) is 0 Å². The minimum absolute atomic E-state index is 0.0219. The van der Waals surface area contributed by atoms with Crippen molar-refractivity contribution >= 4 is 11.8 Å². The fourth-order valence-corrected chi connectivity index (χ4v) is 1.67. The summed E-state index contributed by atoms with van der Waals surface area (Å²) in [6.45, 7) is 5.48. The van der Waals surface area contributed by atoms with Crippen molar-refractivity contribution in [2.75, 3.05) is 13.1 Å². The van der Waals surface area contributed by atoms with E-state index in [1.807, 2.05) is 6.92 Å². The Morgan fingerprint density at radius 3 is 2.29 bits per heavy atom. The Morgan fingerprint density at radius 2 is 1.86 bits per heavy atom. The third-order valence-electron chi connectivity index (χ3n) is 2.54. The van der Waals surface area contributed by atoms with E-state index in [2.05, 4.69) is 12.2 Å². The standard InChI is InChI=1S/C10H18N2O2/c1-3-8(11-4-2)7-12-9(13)5-6-10(12)14/h8,11H,3-7H2,1-2H3. The van der Waals surface area contributed by atoms with E-state index in [9.17, 15) is 9.59 Å². The summed E-state index contributed by atoms with van der Waals surface area (Å²) in [7, 11) is 0. The second-order valence-electron chi connectivity index (χ2n) is 3.56. The lowest BCUT2D eigenvalue weighted by molar-refractivity contribution is -0.138. The molecule has 0 bridgehead atoms. The van der Waals surface area contributed by atoms with Crippen molar-refractivity contribution in [2.24, 2.45) is 0 Å². The predicted molar refractivity (Wildman–Crippen MR) is 53.7 cm³/mol. The topological polar surface area (TPSA) is 49.4 Å². The van der Waals surface area contributed by atoms with E-state index in [4.69, 9.17) is 0 Å². The minimum Gasteiger partial charge on any atom is -0.312 e. The van der Waals surface area contributed by atoms with Gasteiger partial charge >= 0.3 is 0 Å². The Bertz CT molecular complexity index is 212. The van der Waals surface area contributed by atoms with Crippen molar-refractivity contribution in [3.63, 3.8) is 0 Å². The molecule has 0 spiro atoms. The lowest BCUT2D eigenvalue weighted by atomic mass is 10.2. The average Bonchev–Trinajstić information content (AvgIpc) is 2.48. The number of carbonyl (C=O) groups is 2. The number of likely N-dealkylation sites (tertiary alicyclic amines) is 1. The van der Waals surface area contributed by atoms with E-state index in [1.165, 1.54) is 4.90 Å². The van der Waals surface area contributed by atoms with Gasteiger partial charge in [0.15, 0.2) is 0 Å². The molecule has 0 aromatic carbocycles. The highest BCUT2D eigenvalue weighted by Crippen LogP contribution is 2.12. The molecule has 0 aromatic heterocycles. The van der Waals surface area contributed by atoms with Crippen LogP contribution in [0.3, 0.4) is 0 Å². The van der Waals surface area contributed by atoms with Gasteiger partial charge in [-0.2, -0.15) is 0 Å². The fraction of sp³-hybridized carbons (Fsp3) is 0.800. The van der Waals surface area contributed by atoms with Crippen molar-refractivity contribution in [2.45, 2.75) is 39.2 Å². The summed E-state index contributed by atoms with van der Waals surface area (Å²) in [4.78, 5) is 24.0. The maximum atomic E-state index is 11.3. The molecule has 0 aromatic rings. The largest absolute Gasteiger partial charge is 0.312 e. The van der Waals surface area contributed by atoms with E-state index in [-0.39, 0.29) is 17.9 Å². The Hall–Kier alpha value is -0.900. The first-order valence-corrected chi connectivity index (χ1v) is 5.25. The van der Waals surface area contributed by atoms with Gasteiger partial charge in [0.05, 0.1) is 0 Å². The van der Waals surface area contributed by atoms with Crippen molar-refractivity contribution in [3.05, 3.63) is 0 Å². The normalized spacial score (nSPS) is 19.1. The molecule has 1 aliphatic rings. The molecule has 1 heterocycles. The van der Waals surface area contributed by atoms with Gasteiger partial charge in [-0.3, -0.25) is 14.5 Å². The molecule has 80 valence electrons. The molecule has 1 unspecified atom stereocenters. The quantitative estimate of drug-likeness (QED) is 0.655. The summed E-state index contributed by atoms with van der Waals surface area (Å²) in [5, 5.41) is 3.25. The van der Waals surface area contributed by atoms with Crippen LogP contribution >= 0.6 is 0 Å². The second kappa shape index (κ2) is 5.10. The molecular formula is C10H18N2O2. The highest BCUT2D eigenvalue weighted by atomic mass is 16.2. The Kier molecular flexibility index (Phi) is 4.07. The molecule has 1 atom stereocenters. The summed E-state index contributed by atoms with van der Waals surface area (Å²) in [5.41, 5.74) is 0. The number of nitrogens with zero attached hydrogens (tertiary/aromatic N) is 1. The van der Waals surface area contributed by atoms with Gasteiger partial charge in [0.25, 0.3) is 0 Å². The molecule has 1 rings (SSSR count). The van der Waals surface area contributed by atoms with Gasteiger partial charge < -0.3 is 5.32 Å². The van der Waals surface area contributed by atoms with Crippen LogP contribution < -0.4 is 5.32 Å². The van der Waals surface area contributed by atoms with Gasteiger partial charge in [0.1, 0.15) is 0 Å². The molecule has 1 fully saturated rings. The van der Waals surface area contributed by atoms with E-state index < -0.39 is 0 Å². The summed E-state index contributed by atoms with van der Waals surface area (Å²) in [6, 6.07) is 0.242. The van der Waals surface area contributed by atoms with Crippen LogP contribution in [0.25, 0.3) is 0 Å². The third kappa shape index (κ3) is 2.54. The van der Waals surface area contributed by atoms with Crippen molar-refractivity contribution in [1.82, 2.24) is 10.2 Å². The molecule has 2 amide bonds. The highest BCUT2D eigenvalue weighted by Gasteiger charge is 2.29. The number of hydrogen-bond acceptors (Lipinski definition) is 3. The number of nitrogens with one attached hydrogen (secondary N) is 1. The van der Waals surface area contributed by atoms with Crippen molar-refractivity contribution in [1.29, 1.82) is 0 Å². The Morgan fingerprint density at radius 1 is 1.29 bits per heavy atom. The molecule has 14 heavy (non-hydrogen) atoms. The van der Waals surface area contributed by atoms with Crippen LogP contribution in [0.5, 0.6) is 0 Å². The summed E-state index contributed by atoms with van der Waals surface area (Å²) >= 11 is 0. The first-order valence-electron chi connectivity index (χ1n) is 5.25. The van der Waals surface area contributed by atoms with Crippen LogP contribution in [0, 0.1) is 0 Å². The van der Waals surface area contributed by atoms with Gasteiger partial charge in [0, 0.05) is 25.4 Å². The molecule has 0 aliphatic carbocycles. The van der Waals surface area contributed by atoms with Gasteiger partial charge in [-0.25, -0.2) is 0 Å². The van der Waals surface area contributed by atoms with E-state index in [0.29, 0.717) is 19.4 Å². The number of hydrogen-bond donors (Lipinski definition) is 1. The summed E-state index contributed by atoms with van der Waals surface area (Å²) in [5.74, 6) is -0.0438. The zero-order valence-electron chi connectivity index (χ0n) is 8.88. The van der Waals surface area contributed by atoms with Crippen LogP contribution in [0.2, 0.25) is 0 Å². The first kappa shape index (κ1) is 11.2. The molecule has 0 saturated carbocycles. The summed E-state index contributed by atoms with van der Waals surface area (Å²) in [6.07, 6.45) is 1.72. The maximum Gasteiger partial charge on any atom is 0.229 e. The first-order chi connectivity index (χ1) is 6.69. The Labute approximate surface area is 84.7 Å². The molecule has 0 radical (unpaired) electrons. The van der Waals surface area contributed by atoms with Crippen LogP contribution in [-0.4, -0.2) is 35.8 Å². The molecular weight excluding hydrogens is 180 g/mol. The number of amides is 2. The van der Waals surface area contributed by atoms with Crippen LogP contribution in [0.15, 0.2) is 0 Å². The highest BCUT2D eigenvalue weighted by molar-refractivity contribution is 6.01. The van der Waals surface area contributed by atoms with E-state index >= 15 is 0 Å². The minimum atomic E-state index is -0.0219. The number of rotatable bonds is 5.